The Balaban J connectivity index is 0.000000418. The van der Waals surface area contributed by atoms with Gasteiger partial charge in [-0.3, -0.25) is 14.7 Å². The second-order valence-electron chi connectivity index (χ2n) is 13.9. The summed E-state index contributed by atoms with van der Waals surface area (Å²) >= 11 is 6.32. The molecule has 2 aromatic carbocycles. The van der Waals surface area contributed by atoms with Crippen LogP contribution in [0.3, 0.4) is 0 Å². The number of nitrogens with zero attached hydrogens (tertiary/aromatic N) is 8. The topological polar surface area (TPSA) is 114 Å². The van der Waals surface area contributed by atoms with Gasteiger partial charge in [-0.2, -0.15) is 15.0 Å². The average Bonchev–Trinajstić information content (AvgIpc) is 3.98. The lowest BCUT2D eigenvalue weighted by atomic mass is 10.0. The number of anilines is 1. The Morgan fingerprint density at radius 1 is 1.11 bits per heavy atom. The van der Waals surface area contributed by atoms with Crippen molar-refractivity contribution in [2.24, 2.45) is 0 Å². The molecule has 0 radical (unpaired) electrons. The number of amides is 1. The van der Waals surface area contributed by atoms with Crippen LogP contribution in [0.4, 0.5) is 19.0 Å². The van der Waals surface area contributed by atoms with E-state index in [0.717, 1.165) is 13.0 Å². The number of fused-ring (bicyclic) bond motifs is 3. The first kappa shape index (κ1) is 36.5. The molecule has 1 amide bonds. The zero-order chi connectivity index (χ0) is 37.4. The minimum atomic E-state index is -0.722. The van der Waals surface area contributed by atoms with Gasteiger partial charge in [-0.05, 0) is 43.7 Å². The molecule has 3 unspecified atom stereocenters. The van der Waals surface area contributed by atoms with Crippen LogP contribution >= 0.6 is 11.6 Å². The Bertz CT molecular complexity index is 2170. The fourth-order valence-electron chi connectivity index (χ4n) is 7.33. The van der Waals surface area contributed by atoms with Crippen molar-refractivity contribution in [2.75, 3.05) is 45.2 Å². The summed E-state index contributed by atoms with van der Waals surface area (Å²) < 4.78 is 53.8. The molecule has 11 nitrogen and oxygen atoms in total. The molecule has 3 fully saturated rings. The highest BCUT2D eigenvalue weighted by Crippen LogP contribution is 2.38. The molecular formula is C38H40ClF3N8O3. The number of carbonyl (C=O) groups excluding carboxylic acids is 1. The van der Waals surface area contributed by atoms with E-state index in [2.05, 4.69) is 30.0 Å². The zero-order valence-electron chi connectivity index (χ0n) is 29.9. The Hall–Kier alpha value is -4.82. The molecule has 3 aliphatic rings. The summed E-state index contributed by atoms with van der Waals surface area (Å²) in [4.78, 5) is 36.3. The first-order valence-electron chi connectivity index (χ1n) is 17.7. The second kappa shape index (κ2) is 15.3. The fourth-order valence-corrected chi connectivity index (χ4v) is 7.61. The van der Waals surface area contributed by atoms with Crippen LogP contribution in [0.25, 0.3) is 39.0 Å². The van der Waals surface area contributed by atoms with Crippen molar-refractivity contribution in [2.45, 2.75) is 63.7 Å². The van der Waals surface area contributed by atoms with Gasteiger partial charge in [0.15, 0.2) is 11.6 Å². The maximum atomic E-state index is 16.2. The minimum absolute atomic E-state index is 0.0117. The van der Waals surface area contributed by atoms with E-state index in [1.807, 2.05) is 25.8 Å². The summed E-state index contributed by atoms with van der Waals surface area (Å²) in [6, 6.07) is 8.42. The van der Waals surface area contributed by atoms with Gasteiger partial charge >= 0.3 is 6.01 Å². The van der Waals surface area contributed by atoms with Crippen LogP contribution in [-0.4, -0.2) is 99.4 Å². The van der Waals surface area contributed by atoms with Gasteiger partial charge < -0.3 is 19.1 Å². The van der Waals surface area contributed by atoms with E-state index in [9.17, 15) is 13.6 Å². The molecule has 0 bridgehead atoms. The highest BCUT2D eigenvalue weighted by atomic mass is 35.5. The van der Waals surface area contributed by atoms with Gasteiger partial charge in [-0.25, -0.2) is 13.2 Å². The molecule has 3 aromatic heterocycles. The number of methoxy groups -OCH3 is 1. The summed E-state index contributed by atoms with van der Waals surface area (Å²) in [6.07, 6.45) is 7.87. The van der Waals surface area contributed by atoms with Gasteiger partial charge in [-0.1, -0.05) is 54.9 Å². The second-order valence-corrected chi connectivity index (χ2v) is 14.3. The molecule has 0 aliphatic carbocycles. The Kier molecular flexibility index (Phi) is 10.5. The van der Waals surface area contributed by atoms with Crippen LogP contribution in [0.1, 0.15) is 57.2 Å². The van der Waals surface area contributed by atoms with E-state index in [1.54, 1.807) is 29.2 Å². The van der Waals surface area contributed by atoms with E-state index < -0.39 is 17.8 Å². The number of likely N-dealkylation sites (tertiary alicyclic amines) is 1. The number of likely N-dealkylation sites (N-methyl/N-ethyl adjacent to an activating group) is 1. The number of halogens is 4. The van der Waals surface area contributed by atoms with Crippen molar-refractivity contribution in [1.82, 2.24) is 34.9 Å². The number of rotatable bonds is 7. The molecule has 15 heteroatoms. The van der Waals surface area contributed by atoms with Gasteiger partial charge in [-0.15, -0.1) is 0 Å². The third-order valence-corrected chi connectivity index (χ3v) is 10.5. The number of carbonyl (C=O) groups is 1. The number of alkyl halides is 1. The van der Waals surface area contributed by atoms with Crippen LogP contribution < -0.4 is 9.64 Å². The third-order valence-electron chi connectivity index (χ3n) is 10.2. The Morgan fingerprint density at radius 3 is 2.70 bits per heavy atom. The van der Waals surface area contributed by atoms with Crippen LogP contribution in [-0.2, 0) is 4.79 Å². The summed E-state index contributed by atoms with van der Waals surface area (Å²) in [5, 5.41) is 5.13. The number of aromatic nitrogens is 5. The molecule has 6 heterocycles. The van der Waals surface area contributed by atoms with Gasteiger partial charge in [0.2, 0.25) is 5.91 Å². The molecule has 278 valence electrons. The molecule has 0 saturated carbocycles. The number of pyridine rings is 1. The van der Waals surface area contributed by atoms with Crippen LogP contribution in [0.15, 0.2) is 47.1 Å². The van der Waals surface area contributed by atoms with Crippen molar-refractivity contribution in [3.8, 4) is 17.3 Å². The van der Waals surface area contributed by atoms with E-state index >= 15 is 4.39 Å². The lowest BCUT2D eigenvalue weighted by Gasteiger charge is -2.27. The Labute approximate surface area is 309 Å². The van der Waals surface area contributed by atoms with Gasteiger partial charge in [0, 0.05) is 74.0 Å². The number of ether oxygens (including phenoxy) is 1. The largest absolute Gasteiger partial charge is 0.467 e. The molecule has 0 N–H and O–H groups in total. The van der Waals surface area contributed by atoms with Crippen LogP contribution in [0.2, 0.25) is 5.02 Å². The van der Waals surface area contributed by atoms with Gasteiger partial charge in [0.1, 0.15) is 29.0 Å². The predicted octanol–water partition coefficient (Wildman–Crippen LogP) is 7.23. The van der Waals surface area contributed by atoms with E-state index in [1.165, 1.54) is 44.4 Å². The van der Waals surface area contributed by atoms with Gasteiger partial charge in [0.25, 0.3) is 5.89 Å². The van der Waals surface area contributed by atoms with Crippen LogP contribution in [0.5, 0.6) is 6.01 Å². The first-order valence-corrected chi connectivity index (χ1v) is 18.1. The predicted molar refractivity (Wildman–Crippen MR) is 197 cm³/mol. The van der Waals surface area contributed by atoms with Crippen molar-refractivity contribution in [3.05, 3.63) is 71.0 Å². The molecule has 8 rings (SSSR count). The van der Waals surface area contributed by atoms with Gasteiger partial charge in [0.05, 0.1) is 17.5 Å². The number of benzene rings is 2. The number of hydrogen-bond donors (Lipinski definition) is 0. The lowest BCUT2D eigenvalue weighted by molar-refractivity contribution is -0.124. The Morgan fingerprint density at radius 2 is 1.94 bits per heavy atom. The monoisotopic (exact) mass is 748 g/mol. The first-order chi connectivity index (χ1) is 25.5. The molecule has 53 heavy (non-hydrogen) atoms. The highest BCUT2D eigenvalue weighted by molar-refractivity contribution is 6.36. The SMILES string of the molecule is COc1nc(N(C)C2CCN(C(=O)/C=C/c3nc(C(C)C)no3)C2)c2cnc(-c3cccc4ccc(F)c(Cl)c34)c(F)c2n1.FC1CC2CCCN2C1. The normalized spacial score (nSPS) is 20.1. The summed E-state index contributed by atoms with van der Waals surface area (Å²) in [6.45, 7) is 6.67. The quantitative estimate of drug-likeness (QED) is 0.158. The molecule has 3 atom stereocenters. The minimum Gasteiger partial charge on any atom is -0.467 e. The smallest absolute Gasteiger partial charge is 0.318 e. The van der Waals surface area contributed by atoms with Crippen LogP contribution in [0, 0.1) is 11.6 Å². The van der Waals surface area contributed by atoms with E-state index in [0.29, 0.717) is 65.5 Å². The van der Waals surface area contributed by atoms with E-state index in [-0.39, 0.29) is 46.0 Å². The molecule has 5 aromatic rings. The van der Waals surface area contributed by atoms with Crippen molar-refractivity contribution in [3.63, 3.8) is 0 Å². The zero-order valence-corrected chi connectivity index (χ0v) is 30.7. The van der Waals surface area contributed by atoms with E-state index in [4.69, 9.17) is 20.9 Å². The summed E-state index contributed by atoms with van der Waals surface area (Å²) in [5.41, 5.74) is 0.288. The molecule has 0 spiro atoms. The maximum Gasteiger partial charge on any atom is 0.318 e. The van der Waals surface area contributed by atoms with Crippen molar-refractivity contribution in [1.29, 1.82) is 0 Å². The standard InChI is InChI=1S/C31H28ClF2N7O3.C7H12FN/c1-16(2)29-36-22(44-39-29)10-11-23(42)41-13-12-18(15-41)40(3)30-20-14-35-27(26(34)28(20)37-31(38-30)43-4)19-7-5-6-17-8-9-21(33)25(32)24(17)19;8-6-4-7-2-1-3-9(7)5-6/h5-11,14,16,18H,12-13,15H2,1-4H3;6-7H,1-5H2/b11-10+;. The average molecular weight is 749 g/mol. The molecular weight excluding hydrogens is 709 g/mol. The fraction of sp³-hybridized carbons (Fsp3) is 0.421. The summed E-state index contributed by atoms with van der Waals surface area (Å²) in [7, 11) is 3.22. The molecule has 3 aliphatic heterocycles. The van der Waals surface area contributed by atoms with Crippen molar-refractivity contribution < 1.29 is 27.2 Å². The maximum absolute atomic E-state index is 16.2. The summed E-state index contributed by atoms with van der Waals surface area (Å²) in [5.74, 6) is -0.193. The molecule has 3 saturated heterocycles. The number of hydrogen-bond acceptors (Lipinski definition) is 10. The lowest BCUT2D eigenvalue weighted by Crippen LogP contribution is -2.36. The van der Waals surface area contributed by atoms with Crippen molar-refractivity contribution >= 4 is 51.1 Å². The third kappa shape index (κ3) is 7.39. The highest BCUT2D eigenvalue weighted by Gasteiger charge is 2.35.